The number of amides is 2. The third-order valence-corrected chi connectivity index (χ3v) is 3.91. The van der Waals surface area contributed by atoms with Gasteiger partial charge in [-0.1, -0.05) is 0 Å². The molecule has 120 valence electrons. The van der Waals surface area contributed by atoms with Crippen LogP contribution in [0.4, 0.5) is 4.79 Å². The van der Waals surface area contributed by atoms with Crippen LogP contribution in [-0.2, 0) is 9.53 Å². The summed E-state index contributed by atoms with van der Waals surface area (Å²) in [5.74, 6) is 0.892. The van der Waals surface area contributed by atoms with Gasteiger partial charge in [0.2, 0.25) is 5.91 Å². The van der Waals surface area contributed by atoms with E-state index in [0.717, 1.165) is 18.6 Å². The lowest BCUT2D eigenvalue weighted by Crippen LogP contribution is -2.47. The van der Waals surface area contributed by atoms with Crippen LogP contribution < -0.4 is 0 Å². The molecule has 1 saturated heterocycles. The molecule has 2 amide bonds. The SMILES string of the molecule is CC(C)(C)OC(=O)N1CCCN1C(=O)[C@@H]1C[C@@H]1c1ccco1. The summed E-state index contributed by atoms with van der Waals surface area (Å²) in [6.45, 7) is 6.56. The highest BCUT2D eigenvalue weighted by Gasteiger charge is 2.50. The summed E-state index contributed by atoms with van der Waals surface area (Å²) in [6, 6.07) is 3.73. The molecule has 6 heteroatoms. The lowest BCUT2D eigenvalue weighted by atomic mass is 10.2. The Bertz CT molecular complexity index is 561. The predicted molar refractivity (Wildman–Crippen MR) is 78.8 cm³/mol. The lowest BCUT2D eigenvalue weighted by molar-refractivity contribution is -0.144. The smallest absolute Gasteiger partial charge is 0.429 e. The first kappa shape index (κ1) is 14.9. The van der Waals surface area contributed by atoms with Crippen LogP contribution in [0.5, 0.6) is 0 Å². The maximum Gasteiger partial charge on any atom is 0.429 e. The van der Waals surface area contributed by atoms with Crippen LogP contribution in [0.25, 0.3) is 0 Å². The first-order valence-electron chi connectivity index (χ1n) is 7.72. The number of hydrogen-bond acceptors (Lipinski definition) is 4. The Labute approximate surface area is 130 Å². The summed E-state index contributed by atoms with van der Waals surface area (Å²) in [4.78, 5) is 24.8. The maximum atomic E-state index is 12.6. The van der Waals surface area contributed by atoms with Crippen LogP contribution in [0.3, 0.4) is 0 Å². The number of ether oxygens (including phenoxy) is 1. The van der Waals surface area contributed by atoms with Gasteiger partial charge in [-0.2, -0.15) is 0 Å². The van der Waals surface area contributed by atoms with Crippen molar-refractivity contribution in [2.45, 2.75) is 45.1 Å². The van der Waals surface area contributed by atoms with E-state index in [0.29, 0.717) is 13.1 Å². The molecule has 0 spiro atoms. The van der Waals surface area contributed by atoms with E-state index in [1.54, 1.807) is 11.3 Å². The van der Waals surface area contributed by atoms with Crippen molar-refractivity contribution in [3.05, 3.63) is 24.2 Å². The maximum absolute atomic E-state index is 12.6. The zero-order chi connectivity index (χ0) is 15.9. The van der Waals surface area contributed by atoms with E-state index in [1.807, 2.05) is 32.9 Å². The molecule has 0 radical (unpaired) electrons. The zero-order valence-corrected chi connectivity index (χ0v) is 13.2. The third-order valence-electron chi connectivity index (χ3n) is 3.91. The predicted octanol–water partition coefficient (Wildman–Crippen LogP) is 2.77. The highest BCUT2D eigenvalue weighted by Crippen LogP contribution is 2.49. The Balaban J connectivity index is 1.64. The van der Waals surface area contributed by atoms with Gasteiger partial charge in [-0.05, 0) is 45.7 Å². The quantitative estimate of drug-likeness (QED) is 0.843. The summed E-state index contributed by atoms with van der Waals surface area (Å²) in [6.07, 6.45) is 2.74. The van der Waals surface area contributed by atoms with Crippen LogP contribution >= 0.6 is 0 Å². The molecule has 1 saturated carbocycles. The highest BCUT2D eigenvalue weighted by atomic mass is 16.6. The van der Waals surface area contributed by atoms with Crippen molar-refractivity contribution in [2.24, 2.45) is 5.92 Å². The zero-order valence-electron chi connectivity index (χ0n) is 13.2. The molecule has 3 rings (SSSR count). The molecule has 0 unspecified atom stereocenters. The third kappa shape index (κ3) is 2.96. The monoisotopic (exact) mass is 306 g/mol. The van der Waals surface area contributed by atoms with Gasteiger partial charge in [0, 0.05) is 19.0 Å². The molecule has 1 aromatic heterocycles. The van der Waals surface area contributed by atoms with Gasteiger partial charge in [0.05, 0.1) is 12.2 Å². The second kappa shape index (κ2) is 5.34. The molecule has 0 N–H and O–H groups in total. The first-order chi connectivity index (χ1) is 10.4. The Morgan fingerprint density at radius 2 is 2.00 bits per heavy atom. The molecule has 6 nitrogen and oxygen atoms in total. The fourth-order valence-electron chi connectivity index (χ4n) is 2.82. The van der Waals surface area contributed by atoms with Crippen molar-refractivity contribution in [3.8, 4) is 0 Å². The Kier molecular flexibility index (Phi) is 3.62. The average molecular weight is 306 g/mol. The summed E-state index contributed by atoms with van der Waals surface area (Å²) in [7, 11) is 0. The Morgan fingerprint density at radius 3 is 2.64 bits per heavy atom. The van der Waals surface area contributed by atoms with Gasteiger partial charge >= 0.3 is 6.09 Å². The van der Waals surface area contributed by atoms with Crippen molar-refractivity contribution in [2.75, 3.05) is 13.1 Å². The Morgan fingerprint density at radius 1 is 1.27 bits per heavy atom. The fourth-order valence-corrected chi connectivity index (χ4v) is 2.82. The lowest BCUT2D eigenvalue weighted by Gasteiger charge is -2.30. The van der Waals surface area contributed by atoms with Gasteiger partial charge in [-0.3, -0.25) is 4.79 Å². The summed E-state index contributed by atoms with van der Waals surface area (Å²) in [5.41, 5.74) is -0.565. The van der Waals surface area contributed by atoms with E-state index < -0.39 is 11.7 Å². The van der Waals surface area contributed by atoms with Crippen LogP contribution in [0.1, 0.15) is 45.3 Å². The number of hydrazine groups is 1. The molecule has 2 aliphatic rings. The number of hydrogen-bond donors (Lipinski definition) is 0. The van der Waals surface area contributed by atoms with E-state index in [-0.39, 0.29) is 17.7 Å². The topological polar surface area (TPSA) is 63.0 Å². The second-order valence-corrected chi connectivity index (χ2v) is 6.88. The first-order valence-corrected chi connectivity index (χ1v) is 7.72. The van der Waals surface area contributed by atoms with E-state index in [2.05, 4.69) is 0 Å². The van der Waals surface area contributed by atoms with Gasteiger partial charge < -0.3 is 9.15 Å². The van der Waals surface area contributed by atoms with Crippen molar-refractivity contribution in [3.63, 3.8) is 0 Å². The van der Waals surface area contributed by atoms with Crippen LogP contribution in [-0.4, -0.2) is 40.7 Å². The molecule has 2 atom stereocenters. The standard InChI is InChI=1S/C16H22N2O4/c1-16(2,3)22-15(20)18-8-5-7-17(18)14(19)12-10-11(12)13-6-4-9-21-13/h4,6,9,11-12H,5,7-8,10H2,1-3H3/t11-,12+/m0/s1. The molecule has 2 fully saturated rings. The van der Waals surface area contributed by atoms with Gasteiger partial charge in [-0.25, -0.2) is 14.8 Å². The van der Waals surface area contributed by atoms with Crippen LogP contribution in [0.2, 0.25) is 0 Å². The molecular formula is C16H22N2O4. The Hall–Kier alpha value is -1.98. The number of rotatable bonds is 2. The molecular weight excluding hydrogens is 284 g/mol. The molecule has 2 heterocycles. The average Bonchev–Trinajstić information content (AvgIpc) is 2.89. The van der Waals surface area contributed by atoms with E-state index >= 15 is 0 Å². The van der Waals surface area contributed by atoms with E-state index in [4.69, 9.17) is 9.15 Å². The normalized spacial score (nSPS) is 24.5. The summed E-state index contributed by atoms with van der Waals surface area (Å²) in [5, 5.41) is 2.98. The van der Waals surface area contributed by atoms with Crippen molar-refractivity contribution >= 4 is 12.0 Å². The largest absolute Gasteiger partial charge is 0.469 e. The number of nitrogens with zero attached hydrogens (tertiary/aromatic N) is 2. The van der Waals surface area contributed by atoms with Crippen LogP contribution in [0.15, 0.2) is 22.8 Å². The van der Waals surface area contributed by atoms with Gasteiger partial charge in [0.25, 0.3) is 0 Å². The minimum atomic E-state index is -0.565. The molecule has 22 heavy (non-hydrogen) atoms. The van der Waals surface area contributed by atoms with Crippen molar-refractivity contribution < 1.29 is 18.7 Å². The van der Waals surface area contributed by atoms with E-state index in [1.165, 1.54) is 5.01 Å². The number of carbonyl (C=O) groups is 2. The van der Waals surface area contributed by atoms with Gasteiger partial charge in [-0.15, -0.1) is 0 Å². The molecule has 1 aromatic rings. The molecule has 1 aliphatic carbocycles. The summed E-state index contributed by atoms with van der Waals surface area (Å²) < 4.78 is 10.7. The number of carbonyl (C=O) groups excluding carboxylic acids is 2. The molecule has 0 aromatic carbocycles. The van der Waals surface area contributed by atoms with Crippen molar-refractivity contribution in [1.82, 2.24) is 10.0 Å². The fraction of sp³-hybridized carbons (Fsp3) is 0.625. The second-order valence-electron chi connectivity index (χ2n) is 6.88. The summed E-state index contributed by atoms with van der Waals surface area (Å²) >= 11 is 0. The molecule has 1 aliphatic heterocycles. The van der Waals surface area contributed by atoms with Crippen molar-refractivity contribution in [1.29, 1.82) is 0 Å². The van der Waals surface area contributed by atoms with E-state index in [9.17, 15) is 9.59 Å². The highest BCUT2D eigenvalue weighted by molar-refractivity contribution is 5.85. The minimum Gasteiger partial charge on any atom is -0.469 e. The molecule has 0 bridgehead atoms. The minimum absolute atomic E-state index is 0.00948. The van der Waals surface area contributed by atoms with Gasteiger partial charge in [0.1, 0.15) is 11.4 Å². The number of furan rings is 1. The van der Waals surface area contributed by atoms with Gasteiger partial charge in [0.15, 0.2) is 0 Å². The van der Waals surface area contributed by atoms with Crippen LogP contribution in [0, 0.1) is 5.92 Å².